The lowest BCUT2D eigenvalue weighted by Gasteiger charge is -2.08. The van der Waals surface area contributed by atoms with Crippen molar-refractivity contribution in [2.75, 3.05) is 12.3 Å². The second-order valence-corrected chi connectivity index (χ2v) is 6.39. The van der Waals surface area contributed by atoms with Gasteiger partial charge in [0.1, 0.15) is 0 Å². The van der Waals surface area contributed by atoms with Crippen LogP contribution in [-0.2, 0) is 4.74 Å². The molecule has 0 heterocycles. The Morgan fingerprint density at radius 2 is 1.95 bits per heavy atom. The zero-order chi connectivity index (χ0) is 14.5. The fraction of sp³-hybridized carbons (Fsp3) is 0.133. The van der Waals surface area contributed by atoms with E-state index in [9.17, 15) is 4.79 Å². The van der Waals surface area contributed by atoms with Gasteiger partial charge in [-0.15, -0.1) is 0 Å². The first kappa shape index (κ1) is 15.2. The molecule has 2 rings (SSSR count). The van der Waals surface area contributed by atoms with Crippen molar-refractivity contribution >= 4 is 46.0 Å². The van der Waals surface area contributed by atoms with Gasteiger partial charge in [0.15, 0.2) is 0 Å². The number of hydrogen-bond donors (Lipinski definition) is 1. The third kappa shape index (κ3) is 3.89. The van der Waals surface area contributed by atoms with E-state index in [1.54, 1.807) is 30.8 Å². The van der Waals surface area contributed by atoms with Crippen molar-refractivity contribution in [3.05, 3.63) is 51.6 Å². The van der Waals surface area contributed by atoms with E-state index in [0.29, 0.717) is 17.9 Å². The Morgan fingerprint density at radius 3 is 2.55 bits per heavy atom. The number of esters is 1. The van der Waals surface area contributed by atoms with E-state index in [-0.39, 0.29) is 5.97 Å². The number of halogens is 1. The molecular weight excluding hydrogens is 385 g/mol. The highest BCUT2D eigenvalue weighted by Crippen LogP contribution is 2.32. The molecular formula is C15H14INO2S. The topological polar surface area (TPSA) is 52.3 Å². The lowest BCUT2D eigenvalue weighted by molar-refractivity contribution is 0.0526. The fourth-order valence-electron chi connectivity index (χ4n) is 1.61. The van der Waals surface area contributed by atoms with Gasteiger partial charge in [-0.05, 0) is 72.0 Å². The number of rotatable bonds is 4. The minimum atomic E-state index is -0.343. The molecule has 0 aromatic heterocycles. The van der Waals surface area contributed by atoms with Crippen LogP contribution in [0.2, 0.25) is 0 Å². The van der Waals surface area contributed by atoms with E-state index >= 15 is 0 Å². The standard InChI is InChI=1S/C15H14INO2S/c1-2-19-15(18)10-3-8-14(13(17)9-10)20-12-6-4-11(16)5-7-12/h3-9H,2,17H2,1H3. The van der Waals surface area contributed by atoms with Crippen molar-refractivity contribution in [2.24, 2.45) is 0 Å². The number of benzene rings is 2. The summed E-state index contributed by atoms with van der Waals surface area (Å²) in [5.41, 5.74) is 7.07. The molecule has 2 aromatic rings. The Bertz CT molecular complexity index is 614. The van der Waals surface area contributed by atoms with Gasteiger partial charge in [-0.25, -0.2) is 4.79 Å². The molecule has 0 atom stereocenters. The van der Waals surface area contributed by atoms with Crippen molar-refractivity contribution in [3.63, 3.8) is 0 Å². The van der Waals surface area contributed by atoms with Crippen LogP contribution in [0.1, 0.15) is 17.3 Å². The molecule has 20 heavy (non-hydrogen) atoms. The zero-order valence-corrected chi connectivity index (χ0v) is 13.9. The molecule has 2 aromatic carbocycles. The average molecular weight is 399 g/mol. The normalized spacial score (nSPS) is 10.3. The van der Waals surface area contributed by atoms with Crippen LogP contribution in [0.5, 0.6) is 0 Å². The predicted molar refractivity (Wildman–Crippen MR) is 90.1 cm³/mol. The van der Waals surface area contributed by atoms with E-state index in [1.165, 1.54) is 3.57 Å². The van der Waals surface area contributed by atoms with Gasteiger partial charge in [-0.2, -0.15) is 0 Å². The molecule has 0 fully saturated rings. The maximum atomic E-state index is 11.6. The third-order valence-electron chi connectivity index (χ3n) is 2.56. The molecule has 0 spiro atoms. The van der Waals surface area contributed by atoms with Crippen molar-refractivity contribution in [1.82, 2.24) is 0 Å². The number of anilines is 1. The van der Waals surface area contributed by atoms with E-state index in [1.807, 2.05) is 30.3 Å². The Kier molecular flexibility index (Phi) is 5.31. The summed E-state index contributed by atoms with van der Waals surface area (Å²) in [5, 5.41) is 0. The van der Waals surface area contributed by atoms with Gasteiger partial charge >= 0.3 is 5.97 Å². The molecule has 0 unspecified atom stereocenters. The van der Waals surface area contributed by atoms with Gasteiger partial charge in [-0.1, -0.05) is 11.8 Å². The molecule has 0 aliphatic carbocycles. The third-order valence-corrected chi connectivity index (χ3v) is 4.38. The summed E-state index contributed by atoms with van der Waals surface area (Å²) in [4.78, 5) is 13.7. The molecule has 0 amide bonds. The van der Waals surface area contributed by atoms with Crippen molar-refractivity contribution in [1.29, 1.82) is 0 Å². The minimum Gasteiger partial charge on any atom is -0.462 e. The number of ether oxygens (including phenoxy) is 1. The highest BCUT2D eigenvalue weighted by atomic mass is 127. The summed E-state index contributed by atoms with van der Waals surface area (Å²) < 4.78 is 6.14. The Morgan fingerprint density at radius 1 is 1.25 bits per heavy atom. The van der Waals surface area contributed by atoms with E-state index in [4.69, 9.17) is 10.5 Å². The van der Waals surface area contributed by atoms with Crippen LogP contribution in [0.3, 0.4) is 0 Å². The molecule has 0 radical (unpaired) electrons. The molecule has 5 heteroatoms. The van der Waals surface area contributed by atoms with Gasteiger partial charge in [0.05, 0.1) is 12.2 Å². The molecule has 0 saturated carbocycles. The van der Waals surface area contributed by atoms with Crippen LogP contribution in [0.4, 0.5) is 5.69 Å². The zero-order valence-electron chi connectivity index (χ0n) is 10.9. The number of nitrogen functional groups attached to an aromatic ring is 1. The van der Waals surface area contributed by atoms with E-state index in [0.717, 1.165) is 9.79 Å². The highest BCUT2D eigenvalue weighted by Gasteiger charge is 2.09. The SMILES string of the molecule is CCOC(=O)c1ccc(Sc2ccc(I)cc2)c(N)c1. The predicted octanol–water partition coefficient (Wildman–Crippen LogP) is 4.20. The van der Waals surface area contributed by atoms with Crippen molar-refractivity contribution in [3.8, 4) is 0 Å². The van der Waals surface area contributed by atoms with Crippen LogP contribution in [0, 0.1) is 3.57 Å². The van der Waals surface area contributed by atoms with Crippen LogP contribution in [0.15, 0.2) is 52.3 Å². The first-order valence-corrected chi connectivity index (χ1v) is 7.99. The fourth-order valence-corrected chi connectivity index (χ4v) is 2.81. The van der Waals surface area contributed by atoms with Gasteiger partial charge in [0.25, 0.3) is 0 Å². The Hall–Kier alpha value is -1.21. The lowest BCUT2D eigenvalue weighted by atomic mass is 10.2. The van der Waals surface area contributed by atoms with E-state index < -0.39 is 0 Å². The second-order valence-electron chi connectivity index (χ2n) is 4.03. The monoisotopic (exact) mass is 399 g/mol. The number of carbonyl (C=O) groups is 1. The Labute approximate surface area is 136 Å². The maximum absolute atomic E-state index is 11.6. The second kappa shape index (κ2) is 6.99. The number of hydrogen-bond acceptors (Lipinski definition) is 4. The molecule has 104 valence electrons. The van der Waals surface area contributed by atoms with Crippen LogP contribution in [-0.4, -0.2) is 12.6 Å². The number of carbonyl (C=O) groups excluding carboxylic acids is 1. The summed E-state index contributed by atoms with van der Waals surface area (Å²) in [5.74, 6) is -0.343. The summed E-state index contributed by atoms with van der Waals surface area (Å²) in [7, 11) is 0. The maximum Gasteiger partial charge on any atom is 0.338 e. The quantitative estimate of drug-likeness (QED) is 0.476. The largest absolute Gasteiger partial charge is 0.462 e. The first-order chi connectivity index (χ1) is 9.60. The minimum absolute atomic E-state index is 0.343. The van der Waals surface area contributed by atoms with Gasteiger partial charge < -0.3 is 10.5 Å². The van der Waals surface area contributed by atoms with Crippen LogP contribution < -0.4 is 5.73 Å². The molecule has 2 N–H and O–H groups in total. The summed E-state index contributed by atoms with van der Waals surface area (Å²) >= 11 is 3.84. The molecule has 0 bridgehead atoms. The lowest BCUT2D eigenvalue weighted by Crippen LogP contribution is -2.05. The van der Waals surface area contributed by atoms with Gasteiger partial charge in [0.2, 0.25) is 0 Å². The highest BCUT2D eigenvalue weighted by molar-refractivity contribution is 14.1. The van der Waals surface area contributed by atoms with Crippen molar-refractivity contribution < 1.29 is 9.53 Å². The van der Waals surface area contributed by atoms with Crippen molar-refractivity contribution in [2.45, 2.75) is 16.7 Å². The van der Waals surface area contributed by atoms with Gasteiger partial charge in [-0.3, -0.25) is 0 Å². The molecule has 0 aliphatic heterocycles. The average Bonchev–Trinajstić information content (AvgIpc) is 2.43. The summed E-state index contributed by atoms with van der Waals surface area (Å²) in [6.07, 6.45) is 0. The van der Waals surface area contributed by atoms with Crippen LogP contribution >= 0.6 is 34.4 Å². The molecule has 0 aliphatic rings. The molecule has 0 saturated heterocycles. The first-order valence-electron chi connectivity index (χ1n) is 6.10. The summed E-state index contributed by atoms with van der Waals surface area (Å²) in [6, 6.07) is 13.4. The van der Waals surface area contributed by atoms with Gasteiger partial charge in [0, 0.05) is 19.0 Å². The van der Waals surface area contributed by atoms with E-state index in [2.05, 4.69) is 22.6 Å². The smallest absolute Gasteiger partial charge is 0.338 e. The number of nitrogens with two attached hydrogens (primary N) is 1. The van der Waals surface area contributed by atoms with Crippen LogP contribution in [0.25, 0.3) is 0 Å². The summed E-state index contributed by atoms with van der Waals surface area (Å²) in [6.45, 7) is 2.14. The molecule has 3 nitrogen and oxygen atoms in total. The Balaban J connectivity index is 2.17.